The summed E-state index contributed by atoms with van der Waals surface area (Å²) in [5, 5.41) is 3.46. The molecule has 2 aliphatic rings. The lowest BCUT2D eigenvalue weighted by Gasteiger charge is -2.34. The Morgan fingerprint density at radius 1 is 0.815 bits per heavy atom. The highest BCUT2D eigenvalue weighted by Crippen LogP contribution is 2.24. The summed E-state index contributed by atoms with van der Waals surface area (Å²) in [5.41, 5.74) is 2.36. The lowest BCUT2D eigenvalue weighted by atomic mass is 10.1. The van der Waals surface area contributed by atoms with Crippen molar-refractivity contribution in [2.45, 2.75) is 26.2 Å². The Bertz CT molecular complexity index is 746. The van der Waals surface area contributed by atoms with Crippen molar-refractivity contribution in [2.75, 3.05) is 61.4 Å². The second-order valence-corrected chi connectivity index (χ2v) is 7.67. The number of rotatable bonds is 4. The summed E-state index contributed by atoms with van der Waals surface area (Å²) < 4.78 is 0. The van der Waals surface area contributed by atoms with Crippen molar-refractivity contribution in [1.29, 1.82) is 0 Å². The monoisotopic (exact) mass is 366 g/mol. The largest absolute Gasteiger partial charge is 0.369 e. The van der Waals surface area contributed by atoms with Crippen molar-refractivity contribution < 1.29 is 0 Å². The molecule has 0 spiro atoms. The maximum Gasteiger partial charge on any atom is 0.136 e. The van der Waals surface area contributed by atoms with Crippen LogP contribution in [0.5, 0.6) is 0 Å². The molecule has 6 nitrogen and oxygen atoms in total. The SMILES string of the molecule is Cc1nc(Nc2ccc(N3CCN(C)CC3)cc2)cc(N2CCCCC2)n1. The van der Waals surface area contributed by atoms with Crippen LogP contribution in [0.15, 0.2) is 30.3 Å². The van der Waals surface area contributed by atoms with Gasteiger partial charge in [-0.25, -0.2) is 9.97 Å². The first-order valence-electron chi connectivity index (χ1n) is 10.1. The average Bonchev–Trinajstić information content (AvgIpc) is 2.69. The van der Waals surface area contributed by atoms with E-state index < -0.39 is 0 Å². The molecule has 0 unspecified atom stereocenters. The highest BCUT2D eigenvalue weighted by Gasteiger charge is 2.15. The van der Waals surface area contributed by atoms with Crippen molar-refractivity contribution >= 4 is 23.0 Å². The van der Waals surface area contributed by atoms with E-state index in [1.807, 2.05) is 6.92 Å². The highest BCUT2D eigenvalue weighted by atomic mass is 15.2. The van der Waals surface area contributed by atoms with Crippen molar-refractivity contribution in [3.63, 3.8) is 0 Å². The van der Waals surface area contributed by atoms with E-state index in [1.54, 1.807) is 0 Å². The number of piperidine rings is 1. The van der Waals surface area contributed by atoms with Crippen molar-refractivity contribution in [2.24, 2.45) is 0 Å². The van der Waals surface area contributed by atoms with Crippen molar-refractivity contribution in [3.05, 3.63) is 36.2 Å². The summed E-state index contributed by atoms with van der Waals surface area (Å²) in [5.74, 6) is 2.73. The van der Waals surface area contributed by atoms with Gasteiger partial charge >= 0.3 is 0 Å². The molecule has 144 valence electrons. The molecule has 0 saturated carbocycles. The molecular formula is C21H30N6. The summed E-state index contributed by atoms with van der Waals surface area (Å²) >= 11 is 0. The number of hydrogen-bond donors (Lipinski definition) is 1. The lowest BCUT2D eigenvalue weighted by Crippen LogP contribution is -2.44. The Labute approximate surface area is 162 Å². The van der Waals surface area contributed by atoms with Gasteiger partial charge in [-0.3, -0.25) is 0 Å². The van der Waals surface area contributed by atoms with Gasteiger partial charge in [0.2, 0.25) is 0 Å². The molecule has 27 heavy (non-hydrogen) atoms. The average molecular weight is 367 g/mol. The second-order valence-electron chi connectivity index (χ2n) is 7.67. The van der Waals surface area contributed by atoms with Crippen LogP contribution < -0.4 is 15.1 Å². The molecule has 0 radical (unpaired) electrons. The number of anilines is 4. The van der Waals surface area contributed by atoms with E-state index in [0.29, 0.717) is 0 Å². The Morgan fingerprint density at radius 2 is 1.52 bits per heavy atom. The number of piperazine rings is 1. The summed E-state index contributed by atoms with van der Waals surface area (Å²) in [4.78, 5) is 16.4. The summed E-state index contributed by atoms with van der Waals surface area (Å²) in [6, 6.07) is 10.8. The zero-order valence-electron chi connectivity index (χ0n) is 16.5. The molecule has 2 aromatic rings. The molecule has 3 heterocycles. The molecule has 1 aromatic heterocycles. The third kappa shape index (κ3) is 4.50. The van der Waals surface area contributed by atoms with Gasteiger partial charge in [-0.1, -0.05) is 0 Å². The molecule has 4 rings (SSSR count). The minimum Gasteiger partial charge on any atom is -0.369 e. The van der Waals surface area contributed by atoms with E-state index in [0.717, 1.165) is 62.4 Å². The molecule has 0 aliphatic carbocycles. The maximum atomic E-state index is 4.64. The van der Waals surface area contributed by atoms with Gasteiger partial charge in [0.05, 0.1) is 0 Å². The van der Waals surface area contributed by atoms with Crippen LogP contribution in [0.25, 0.3) is 0 Å². The number of aryl methyl sites for hydroxylation is 1. The zero-order valence-corrected chi connectivity index (χ0v) is 16.5. The van der Waals surface area contributed by atoms with Crippen molar-refractivity contribution in [3.8, 4) is 0 Å². The lowest BCUT2D eigenvalue weighted by molar-refractivity contribution is 0.313. The van der Waals surface area contributed by atoms with Crippen LogP contribution >= 0.6 is 0 Å². The molecule has 2 fully saturated rings. The second kappa shape index (κ2) is 8.13. The molecule has 6 heteroatoms. The number of likely N-dealkylation sites (N-methyl/N-ethyl adjacent to an activating group) is 1. The number of hydrogen-bond acceptors (Lipinski definition) is 6. The van der Waals surface area contributed by atoms with Gasteiger partial charge < -0.3 is 20.0 Å². The fourth-order valence-electron chi connectivity index (χ4n) is 3.87. The summed E-state index contributed by atoms with van der Waals surface area (Å²) in [6.07, 6.45) is 3.82. The fraction of sp³-hybridized carbons (Fsp3) is 0.524. The minimum absolute atomic E-state index is 0.814. The standard InChI is InChI=1S/C21H30N6/c1-17-22-20(16-21(23-17)27-10-4-3-5-11-27)24-18-6-8-19(9-7-18)26-14-12-25(2)13-15-26/h6-9,16H,3-5,10-15H2,1-2H3,(H,22,23,24). The van der Waals surface area contributed by atoms with Gasteiger partial charge in [-0.15, -0.1) is 0 Å². The number of benzene rings is 1. The predicted molar refractivity (Wildman–Crippen MR) is 112 cm³/mol. The van der Waals surface area contributed by atoms with Crippen molar-refractivity contribution in [1.82, 2.24) is 14.9 Å². The van der Waals surface area contributed by atoms with Crippen LogP contribution in [0.1, 0.15) is 25.1 Å². The third-order valence-corrected chi connectivity index (χ3v) is 5.51. The smallest absolute Gasteiger partial charge is 0.136 e. The van der Waals surface area contributed by atoms with Gasteiger partial charge in [0.25, 0.3) is 0 Å². The topological polar surface area (TPSA) is 47.5 Å². The fourth-order valence-corrected chi connectivity index (χ4v) is 3.87. The van der Waals surface area contributed by atoms with E-state index in [9.17, 15) is 0 Å². The number of nitrogens with zero attached hydrogens (tertiary/aromatic N) is 5. The zero-order chi connectivity index (χ0) is 18.6. The molecule has 0 atom stereocenters. The van der Waals surface area contributed by atoms with Crippen LogP contribution in [-0.4, -0.2) is 61.2 Å². The Morgan fingerprint density at radius 3 is 2.22 bits per heavy atom. The van der Waals surface area contributed by atoms with Crippen LogP contribution in [0.2, 0.25) is 0 Å². The minimum atomic E-state index is 0.814. The molecule has 2 aliphatic heterocycles. The van der Waals surface area contributed by atoms with E-state index in [4.69, 9.17) is 0 Å². The molecule has 1 N–H and O–H groups in total. The van der Waals surface area contributed by atoms with E-state index in [1.165, 1.54) is 24.9 Å². The van der Waals surface area contributed by atoms with E-state index in [-0.39, 0.29) is 0 Å². The molecule has 0 amide bonds. The normalized spacial score (nSPS) is 18.6. The van der Waals surface area contributed by atoms with Crippen LogP contribution in [-0.2, 0) is 0 Å². The van der Waals surface area contributed by atoms with E-state index in [2.05, 4.69) is 67.4 Å². The van der Waals surface area contributed by atoms with E-state index >= 15 is 0 Å². The Balaban J connectivity index is 1.45. The Kier molecular flexibility index (Phi) is 5.43. The van der Waals surface area contributed by atoms with Crippen LogP contribution in [0.3, 0.4) is 0 Å². The van der Waals surface area contributed by atoms with Crippen LogP contribution in [0, 0.1) is 6.92 Å². The van der Waals surface area contributed by atoms with Gasteiger partial charge in [-0.2, -0.15) is 0 Å². The Hall–Kier alpha value is -2.34. The maximum absolute atomic E-state index is 4.64. The first kappa shape index (κ1) is 18.0. The number of aromatic nitrogens is 2. The first-order chi connectivity index (χ1) is 13.2. The summed E-state index contributed by atoms with van der Waals surface area (Å²) in [7, 11) is 2.19. The summed E-state index contributed by atoms with van der Waals surface area (Å²) in [6.45, 7) is 8.58. The quantitative estimate of drug-likeness (QED) is 0.896. The highest BCUT2D eigenvalue weighted by molar-refractivity contribution is 5.63. The predicted octanol–water partition coefficient (Wildman–Crippen LogP) is 3.27. The van der Waals surface area contributed by atoms with Gasteiger partial charge in [-0.05, 0) is 57.5 Å². The molecule has 2 saturated heterocycles. The molecular weight excluding hydrogens is 336 g/mol. The molecule has 1 aromatic carbocycles. The first-order valence-corrected chi connectivity index (χ1v) is 10.1. The van der Waals surface area contributed by atoms with Crippen LogP contribution in [0.4, 0.5) is 23.0 Å². The van der Waals surface area contributed by atoms with Gasteiger partial charge in [0.15, 0.2) is 0 Å². The number of nitrogens with one attached hydrogen (secondary N) is 1. The molecule has 0 bridgehead atoms. The van der Waals surface area contributed by atoms with Gasteiger partial charge in [0.1, 0.15) is 17.5 Å². The third-order valence-electron chi connectivity index (χ3n) is 5.51. The van der Waals surface area contributed by atoms with Gasteiger partial charge in [0, 0.05) is 56.7 Å².